The molecule has 1 rings (SSSR count). The second kappa shape index (κ2) is 5.61. The number of likely N-dealkylation sites (N-methyl/N-ethyl adjacent to an activating group) is 1. The highest BCUT2D eigenvalue weighted by Crippen LogP contribution is 2.22. The number of aliphatic hydroxyl groups excluding tert-OH is 1. The Morgan fingerprint density at radius 2 is 2.00 bits per heavy atom. The van der Waals surface area contributed by atoms with Gasteiger partial charge < -0.3 is 10.0 Å². The van der Waals surface area contributed by atoms with Gasteiger partial charge in [0.25, 0.3) is 0 Å². The lowest BCUT2D eigenvalue weighted by Gasteiger charge is -2.26. The zero-order valence-corrected chi connectivity index (χ0v) is 9.00. The van der Waals surface area contributed by atoms with E-state index in [1.54, 1.807) is 0 Å². The second-order valence-electron chi connectivity index (χ2n) is 4.32. The molecule has 78 valence electrons. The Kier molecular flexibility index (Phi) is 4.74. The van der Waals surface area contributed by atoms with Gasteiger partial charge in [-0.25, -0.2) is 0 Å². The van der Waals surface area contributed by atoms with Crippen molar-refractivity contribution >= 4 is 0 Å². The van der Waals surface area contributed by atoms with Crippen molar-refractivity contribution in [3.05, 3.63) is 0 Å². The fraction of sp³-hybridized carbons (Fsp3) is 1.00. The first-order valence-electron chi connectivity index (χ1n) is 5.62. The van der Waals surface area contributed by atoms with Crippen LogP contribution in [0.4, 0.5) is 0 Å². The molecule has 0 aromatic rings. The minimum absolute atomic E-state index is 0.115. The summed E-state index contributed by atoms with van der Waals surface area (Å²) in [6.45, 7) is 2.98. The first kappa shape index (κ1) is 11.0. The molecule has 1 unspecified atom stereocenters. The summed E-state index contributed by atoms with van der Waals surface area (Å²) in [6.07, 6.45) is 7.31. The molecule has 0 bridgehead atoms. The van der Waals surface area contributed by atoms with Gasteiger partial charge in [0.05, 0.1) is 6.10 Å². The van der Waals surface area contributed by atoms with E-state index in [4.69, 9.17) is 0 Å². The van der Waals surface area contributed by atoms with Crippen molar-refractivity contribution in [2.75, 3.05) is 13.6 Å². The van der Waals surface area contributed by atoms with Crippen LogP contribution in [0.15, 0.2) is 0 Å². The molecular formula is C11H23NO. The van der Waals surface area contributed by atoms with Gasteiger partial charge in [0.2, 0.25) is 0 Å². The highest BCUT2D eigenvalue weighted by molar-refractivity contribution is 4.76. The van der Waals surface area contributed by atoms with Crippen LogP contribution >= 0.6 is 0 Å². The van der Waals surface area contributed by atoms with Crippen molar-refractivity contribution < 1.29 is 5.11 Å². The predicted octanol–water partition coefficient (Wildman–Crippen LogP) is 2.02. The number of aliphatic hydroxyl groups is 1. The number of nitrogens with zero attached hydrogens (tertiary/aromatic N) is 1. The van der Waals surface area contributed by atoms with E-state index in [1.165, 1.54) is 25.7 Å². The molecule has 0 spiro atoms. The Bertz CT molecular complexity index is 132. The summed E-state index contributed by atoms with van der Waals surface area (Å²) in [5.41, 5.74) is 0. The minimum Gasteiger partial charge on any atom is -0.392 e. The molecule has 0 radical (unpaired) electrons. The largest absolute Gasteiger partial charge is 0.392 e. The van der Waals surface area contributed by atoms with E-state index in [0.29, 0.717) is 0 Å². The lowest BCUT2D eigenvalue weighted by atomic mass is 10.1. The van der Waals surface area contributed by atoms with Crippen LogP contribution in [-0.2, 0) is 0 Å². The lowest BCUT2D eigenvalue weighted by molar-refractivity contribution is 0.0977. The zero-order chi connectivity index (χ0) is 9.68. The molecule has 1 aliphatic rings. The maximum atomic E-state index is 9.64. The highest BCUT2D eigenvalue weighted by atomic mass is 16.3. The molecule has 0 aliphatic heterocycles. The zero-order valence-electron chi connectivity index (χ0n) is 9.00. The average Bonchev–Trinajstić information content (AvgIpc) is 2.55. The van der Waals surface area contributed by atoms with E-state index in [9.17, 15) is 5.11 Å². The SMILES string of the molecule is CCCC(O)CN(C)C1CCCC1. The first-order valence-corrected chi connectivity index (χ1v) is 5.62. The van der Waals surface area contributed by atoms with Crippen LogP contribution in [-0.4, -0.2) is 35.7 Å². The van der Waals surface area contributed by atoms with Crippen LogP contribution in [0, 0.1) is 0 Å². The summed E-state index contributed by atoms with van der Waals surface area (Å²) in [7, 11) is 2.15. The van der Waals surface area contributed by atoms with Crippen LogP contribution in [0.3, 0.4) is 0 Å². The Balaban J connectivity index is 2.18. The molecule has 0 amide bonds. The maximum Gasteiger partial charge on any atom is 0.0667 e. The van der Waals surface area contributed by atoms with Crippen molar-refractivity contribution in [1.29, 1.82) is 0 Å². The number of hydrogen-bond acceptors (Lipinski definition) is 2. The third kappa shape index (κ3) is 3.65. The Hall–Kier alpha value is -0.0800. The van der Waals surface area contributed by atoms with Gasteiger partial charge in [0.15, 0.2) is 0 Å². The molecule has 0 saturated heterocycles. The predicted molar refractivity (Wildman–Crippen MR) is 55.8 cm³/mol. The van der Waals surface area contributed by atoms with Crippen molar-refractivity contribution in [2.24, 2.45) is 0 Å². The molecule has 1 atom stereocenters. The van der Waals surface area contributed by atoms with Crippen LogP contribution in [0.5, 0.6) is 0 Å². The number of hydrogen-bond donors (Lipinski definition) is 1. The fourth-order valence-corrected chi connectivity index (χ4v) is 2.25. The highest BCUT2D eigenvalue weighted by Gasteiger charge is 2.20. The van der Waals surface area contributed by atoms with E-state index < -0.39 is 0 Å². The average molecular weight is 185 g/mol. The van der Waals surface area contributed by atoms with Crippen molar-refractivity contribution in [1.82, 2.24) is 4.90 Å². The summed E-state index contributed by atoms with van der Waals surface area (Å²) in [6, 6.07) is 0.742. The van der Waals surface area contributed by atoms with Crippen LogP contribution in [0.1, 0.15) is 45.4 Å². The molecule has 0 aromatic carbocycles. The Labute approximate surface area is 81.9 Å². The molecule has 1 N–H and O–H groups in total. The van der Waals surface area contributed by atoms with E-state index in [1.807, 2.05) is 0 Å². The van der Waals surface area contributed by atoms with E-state index in [2.05, 4.69) is 18.9 Å². The summed E-state index contributed by atoms with van der Waals surface area (Å²) in [5.74, 6) is 0. The van der Waals surface area contributed by atoms with Gasteiger partial charge in [-0.05, 0) is 26.3 Å². The van der Waals surface area contributed by atoms with Crippen LogP contribution < -0.4 is 0 Å². The molecule has 0 aromatic heterocycles. The first-order chi connectivity index (χ1) is 6.24. The smallest absolute Gasteiger partial charge is 0.0667 e. The topological polar surface area (TPSA) is 23.5 Å². The fourth-order valence-electron chi connectivity index (χ4n) is 2.25. The van der Waals surface area contributed by atoms with Crippen molar-refractivity contribution in [3.8, 4) is 0 Å². The normalized spacial score (nSPS) is 21.2. The summed E-state index contributed by atoms with van der Waals surface area (Å²) >= 11 is 0. The van der Waals surface area contributed by atoms with E-state index in [-0.39, 0.29) is 6.10 Å². The lowest BCUT2D eigenvalue weighted by Crippen LogP contribution is -2.35. The molecule has 2 heteroatoms. The van der Waals surface area contributed by atoms with Crippen LogP contribution in [0.2, 0.25) is 0 Å². The van der Waals surface area contributed by atoms with Crippen molar-refractivity contribution in [3.63, 3.8) is 0 Å². The van der Waals surface area contributed by atoms with Gasteiger partial charge in [-0.2, -0.15) is 0 Å². The van der Waals surface area contributed by atoms with Gasteiger partial charge in [-0.1, -0.05) is 26.2 Å². The van der Waals surface area contributed by atoms with Crippen LogP contribution in [0.25, 0.3) is 0 Å². The van der Waals surface area contributed by atoms with Gasteiger partial charge >= 0.3 is 0 Å². The monoisotopic (exact) mass is 185 g/mol. The molecular weight excluding hydrogens is 162 g/mol. The van der Waals surface area contributed by atoms with Gasteiger partial charge in [0.1, 0.15) is 0 Å². The quantitative estimate of drug-likeness (QED) is 0.708. The molecule has 2 nitrogen and oxygen atoms in total. The molecule has 1 fully saturated rings. The standard InChI is InChI=1S/C11H23NO/c1-3-6-11(13)9-12(2)10-7-4-5-8-10/h10-11,13H,3-9H2,1-2H3. The summed E-state index contributed by atoms with van der Waals surface area (Å²) in [4.78, 5) is 2.34. The van der Waals surface area contributed by atoms with Crippen molar-refractivity contribution in [2.45, 2.75) is 57.6 Å². The molecule has 1 aliphatic carbocycles. The molecule has 1 saturated carbocycles. The molecule has 0 heterocycles. The Morgan fingerprint density at radius 1 is 1.38 bits per heavy atom. The van der Waals surface area contributed by atoms with Gasteiger partial charge in [0, 0.05) is 12.6 Å². The third-order valence-electron chi connectivity index (χ3n) is 3.07. The summed E-state index contributed by atoms with van der Waals surface area (Å²) < 4.78 is 0. The summed E-state index contributed by atoms with van der Waals surface area (Å²) in [5, 5.41) is 9.64. The van der Waals surface area contributed by atoms with Gasteiger partial charge in [-0.15, -0.1) is 0 Å². The van der Waals surface area contributed by atoms with E-state index in [0.717, 1.165) is 25.4 Å². The molecule has 13 heavy (non-hydrogen) atoms. The van der Waals surface area contributed by atoms with E-state index >= 15 is 0 Å². The minimum atomic E-state index is -0.115. The van der Waals surface area contributed by atoms with Gasteiger partial charge in [-0.3, -0.25) is 0 Å². The Morgan fingerprint density at radius 3 is 2.54 bits per heavy atom. The second-order valence-corrected chi connectivity index (χ2v) is 4.32. The number of rotatable bonds is 5. The third-order valence-corrected chi connectivity index (χ3v) is 3.07. The maximum absolute atomic E-state index is 9.64.